The molecule has 20 heavy (non-hydrogen) atoms. The molecule has 0 aliphatic heterocycles. The molecule has 0 heterocycles. The van der Waals surface area contributed by atoms with E-state index < -0.39 is 0 Å². The van der Waals surface area contributed by atoms with Gasteiger partial charge in [-0.05, 0) is 12.8 Å². The van der Waals surface area contributed by atoms with Crippen molar-refractivity contribution in [2.45, 2.75) is 72.1 Å². The highest BCUT2D eigenvalue weighted by Crippen LogP contribution is 2.39. The Bertz CT molecular complexity index is 337. The maximum Gasteiger partial charge on any atom is 0.165 e. The van der Waals surface area contributed by atoms with Gasteiger partial charge >= 0.3 is 0 Å². The van der Waals surface area contributed by atoms with E-state index in [0.29, 0.717) is 5.60 Å². The van der Waals surface area contributed by atoms with Crippen LogP contribution in [0.1, 0.15) is 72.1 Å². The maximum atomic E-state index is 5.80. The Kier molecular flexibility index (Phi) is 10.1. The SMILES string of the molecule is BC(=C)/N=N\C(=C/N)C(C)(CCCC)CCCCCC. The van der Waals surface area contributed by atoms with E-state index >= 15 is 0 Å². The Hall–Kier alpha value is -1.06. The molecule has 0 spiro atoms. The van der Waals surface area contributed by atoms with Crippen molar-refractivity contribution in [2.24, 2.45) is 21.4 Å². The molecule has 0 aromatic carbocycles. The number of allylic oxidation sites excluding steroid dienone is 1. The van der Waals surface area contributed by atoms with E-state index in [0.717, 1.165) is 18.5 Å². The van der Waals surface area contributed by atoms with E-state index in [1.165, 1.54) is 38.5 Å². The van der Waals surface area contributed by atoms with Gasteiger partial charge in [0.1, 0.15) is 0 Å². The number of rotatable bonds is 11. The zero-order valence-corrected chi connectivity index (χ0v) is 13.9. The van der Waals surface area contributed by atoms with Crippen LogP contribution < -0.4 is 5.73 Å². The van der Waals surface area contributed by atoms with Gasteiger partial charge in [0.25, 0.3) is 0 Å². The highest BCUT2D eigenvalue weighted by Gasteiger charge is 2.28. The molecule has 0 amide bonds. The fourth-order valence-electron chi connectivity index (χ4n) is 2.38. The first-order valence-corrected chi connectivity index (χ1v) is 7.99. The molecule has 3 nitrogen and oxygen atoms in total. The quantitative estimate of drug-likeness (QED) is 0.337. The number of nitrogens with zero attached hydrogens (tertiary/aromatic N) is 2. The lowest BCUT2D eigenvalue weighted by atomic mass is 9.77. The summed E-state index contributed by atoms with van der Waals surface area (Å²) < 4.78 is 0. The molecule has 0 aromatic heterocycles. The standard InChI is InChI=1S/C16H32BN3/c1-5-7-9-10-12-16(4,11-8-6-2)15(13-18)20-19-14(3)17/h13H,3,5-12,17-18H2,1-2,4H3/b15-13-,20-19-. The summed E-state index contributed by atoms with van der Waals surface area (Å²) in [5.74, 6) is 0. The molecule has 4 heteroatoms. The summed E-state index contributed by atoms with van der Waals surface area (Å²) in [6.45, 7) is 10.5. The summed E-state index contributed by atoms with van der Waals surface area (Å²) in [7, 11) is 1.85. The lowest BCUT2D eigenvalue weighted by Crippen LogP contribution is -2.20. The van der Waals surface area contributed by atoms with Gasteiger partial charge in [-0.1, -0.05) is 65.9 Å². The first kappa shape index (κ1) is 18.9. The predicted molar refractivity (Wildman–Crippen MR) is 91.2 cm³/mol. The number of hydrogen-bond donors (Lipinski definition) is 1. The van der Waals surface area contributed by atoms with Crippen molar-refractivity contribution in [3.05, 3.63) is 24.1 Å². The van der Waals surface area contributed by atoms with Crippen LogP contribution >= 0.6 is 0 Å². The molecule has 0 radical (unpaired) electrons. The minimum absolute atomic E-state index is 0.0391. The lowest BCUT2D eigenvalue weighted by Gasteiger charge is -2.29. The Morgan fingerprint density at radius 3 is 2.20 bits per heavy atom. The van der Waals surface area contributed by atoms with Gasteiger partial charge < -0.3 is 5.73 Å². The predicted octanol–water partition coefficient (Wildman–Crippen LogP) is 4.51. The third kappa shape index (κ3) is 7.51. The molecule has 0 saturated heterocycles. The maximum absolute atomic E-state index is 5.80. The second-order valence-electron chi connectivity index (χ2n) is 5.96. The van der Waals surface area contributed by atoms with Crippen molar-refractivity contribution >= 4 is 7.85 Å². The summed E-state index contributed by atoms with van der Waals surface area (Å²) in [5.41, 5.74) is 7.46. The average Bonchev–Trinajstić information content (AvgIpc) is 2.42. The van der Waals surface area contributed by atoms with Gasteiger partial charge in [-0.2, -0.15) is 10.2 Å². The van der Waals surface area contributed by atoms with Gasteiger partial charge in [0.2, 0.25) is 0 Å². The molecule has 1 unspecified atom stereocenters. The first-order chi connectivity index (χ1) is 9.50. The van der Waals surface area contributed by atoms with Crippen LogP contribution in [0, 0.1) is 5.41 Å². The summed E-state index contributed by atoms with van der Waals surface area (Å²) >= 11 is 0. The Morgan fingerprint density at radius 1 is 1.10 bits per heavy atom. The summed E-state index contributed by atoms with van der Waals surface area (Å²) in [6, 6.07) is 0. The normalized spacial score (nSPS) is 15.4. The molecular formula is C16H32BN3. The summed E-state index contributed by atoms with van der Waals surface area (Å²) in [6.07, 6.45) is 11.4. The van der Waals surface area contributed by atoms with Gasteiger partial charge in [-0.25, -0.2) is 0 Å². The number of nitrogens with two attached hydrogens (primary N) is 1. The van der Waals surface area contributed by atoms with Crippen LogP contribution in [0.4, 0.5) is 0 Å². The molecule has 114 valence electrons. The van der Waals surface area contributed by atoms with Crippen LogP contribution in [0.3, 0.4) is 0 Å². The van der Waals surface area contributed by atoms with Crippen LogP contribution in [0.25, 0.3) is 0 Å². The van der Waals surface area contributed by atoms with Crippen LogP contribution in [0.15, 0.2) is 34.3 Å². The van der Waals surface area contributed by atoms with Gasteiger partial charge in [0.15, 0.2) is 7.85 Å². The summed E-state index contributed by atoms with van der Waals surface area (Å²) in [5, 5.41) is 8.42. The molecule has 0 aliphatic carbocycles. The fourth-order valence-corrected chi connectivity index (χ4v) is 2.38. The second-order valence-corrected chi connectivity index (χ2v) is 5.96. The zero-order chi connectivity index (χ0) is 15.4. The average molecular weight is 277 g/mol. The number of azo groups is 1. The van der Waals surface area contributed by atoms with Gasteiger partial charge in [0.05, 0.1) is 5.70 Å². The van der Waals surface area contributed by atoms with E-state index in [9.17, 15) is 0 Å². The monoisotopic (exact) mass is 277 g/mol. The Morgan fingerprint density at radius 2 is 1.70 bits per heavy atom. The third-order valence-electron chi connectivity index (χ3n) is 3.77. The van der Waals surface area contributed by atoms with E-state index in [4.69, 9.17) is 5.73 Å². The molecular weight excluding hydrogens is 245 g/mol. The molecule has 0 saturated carbocycles. The van der Waals surface area contributed by atoms with E-state index in [1.54, 1.807) is 6.20 Å². The molecule has 1 atom stereocenters. The van der Waals surface area contributed by atoms with Gasteiger partial charge in [-0.15, -0.1) is 0 Å². The molecule has 0 aliphatic rings. The van der Waals surface area contributed by atoms with E-state index in [1.807, 2.05) is 7.85 Å². The highest BCUT2D eigenvalue weighted by atomic mass is 15.1. The van der Waals surface area contributed by atoms with Crippen LogP contribution in [0.2, 0.25) is 0 Å². The highest BCUT2D eigenvalue weighted by molar-refractivity contribution is 6.20. The molecule has 0 bridgehead atoms. The zero-order valence-electron chi connectivity index (χ0n) is 13.9. The Balaban J connectivity index is 4.83. The minimum Gasteiger partial charge on any atom is -0.403 e. The lowest BCUT2D eigenvalue weighted by molar-refractivity contribution is 0.305. The summed E-state index contributed by atoms with van der Waals surface area (Å²) in [4.78, 5) is 0. The van der Waals surface area contributed by atoms with Crippen molar-refractivity contribution in [3.63, 3.8) is 0 Å². The number of unbranched alkanes of at least 4 members (excludes halogenated alkanes) is 4. The van der Waals surface area contributed by atoms with E-state index in [2.05, 4.69) is 37.6 Å². The molecule has 0 fully saturated rings. The third-order valence-corrected chi connectivity index (χ3v) is 3.77. The smallest absolute Gasteiger partial charge is 0.165 e. The fraction of sp³-hybridized carbons (Fsp3) is 0.750. The van der Waals surface area contributed by atoms with Crippen LogP contribution in [0.5, 0.6) is 0 Å². The topological polar surface area (TPSA) is 50.7 Å². The largest absolute Gasteiger partial charge is 0.403 e. The van der Waals surface area contributed by atoms with Crippen molar-refractivity contribution in [1.29, 1.82) is 0 Å². The van der Waals surface area contributed by atoms with Gasteiger partial charge in [0, 0.05) is 17.2 Å². The molecule has 0 rings (SSSR count). The van der Waals surface area contributed by atoms with Crippen molar-refractivity contribution in [2.75, 3.05) is 0 Å². The first-order valence-electron chi connectivity index (χ1n) is 7.99. The second kappa shape index (κ2) is 10.7. The molecule has 0 aromatic rings. The molecule has 2 N–H and O–H groups in total. The van der Waals surface area contributed by atoms with Crippen molar-refractivity contribution < 1.29 is 0 Å². The van der Waals surface area contributed by atoms with Crippen LogP contribution in [-0.4, -0.2) is 7.85 Å². The van der Waals surface area contributed by atoms with Crippen molar-refractivity contribution in [1.82, 2.24) is 0 Å². The Labute approximate surface area is 126 Å². The van der Waals surface area contributed by atoms with Crippen molar-refractivity contribution in [3.8, 4) is 0 Å². The van der Waals surface area contributed by atoms with E-state index in [-0.39, 0.29) is 5.41 Å². The van der Waals surface area contributed by atoms with Crippen LogP contribution in [-0.2, 0) is 0 Å². The minimum atomic E-state index is 0.0391. The van der Waals surface area contributed by atoms with Gasteiger partial charge in [-0.3, -0.25) is 0 Å². The number of hydrogen-bond acceptors (Lipinski definition) is 3.